The minimum atomic E-state index is -0.588. The van der Waals surface area contributed by atoms with Crippen LogP contribution in [0.1, 0.15) is 18.5 Å². The number of nitrogens with one attached hydrogen (secondary N) is 1. The van der Waals surface area contributed by atoms with Crippen molar-refractivity contribution in [1.82, 2.24) is 14.5 Å². The van der Waals surface area contributed by atoms with Crippen molar-refractivity contribution in [2.24, 2.45) is 0 Å². The largest absolute Gasteiger partial charge is 0.345 e. The quantitative estimate of drug-likeness (QED) is 0.769. The third-order valence-corrected chi connectivity index (χ3v) is 4.67. The Hall–Kier alpha value is -3.15. The summed E-state index contributed by atoms with van der Waals surface area (Å²) < 4.78 is 16.6. The second-order valence-electron chi connectivity index (χ2n) is 6.58. The van der Waals surface area contributed by atoms with E-state index in [0.717, 1.165) is 11.0 Å². The Morgan fingerprint density at radius 3 is 2.58 bits per heavy atom. The maximum Gasteiger partial charge on any atom is 0.253 e. The number of benzene rings is 2. The lowest BCUT2D eigenvalue weighted by Gasteiger charge is -2.32. The van der Waals surface area contributed by atoms with Crippen LogP contribution in [0.3, 0.4) is 0 Å². The van der Waals surface area contributed by atoms with Gasteiger partial charge in [-0.2, -0.15) is 0 Å². The molecule has 0 spiro atoms. The van der Waals surface area contributed by atoms with E-state index in [1.807, 2.05) is 35.8 Å². The van der Waals surface area contributed by atoms with Crippen LogP contribution in [0.5, 0.6) is 0 Å². The Bertz CT molecular complexity index is 1050. The number of hydrogen-bond donors (Lipinski definition) is 1. The van der Waals surface area contributed by atoms with Crippen LogP contribution in [0.4, 0.5) is 10.3 Å². The molecule has 3 aromatic rings. The first-order chi connectivity index (χ1) is 12.5. The van der Waals surface area contributed by atoms with Gasteiger partial charge in [-0.1, -0.05) is 30.3 Å². The molecule has 2 heterocycles. The fraction of sp³-hybridized carbons (Fsp3) is 0.200. The summed E-state index contributed by atoms with van der Waals surface area (Å²) in [7, 11) is 3.39. The van der Waals surface area contributed by atoms with E-state index in [1.54, 1.807) is 32.3 Å². The monoisotopic (exact) mass is 350 g/mol. The van der Waals surface area contributed by atoms with E-state index >= 15 is 0 Å². The van der Waals surface area contributed by atoms with Crippen molar-refractivity contribution in [3.05, 3.63) is 71.2 Å². The number of hydrogen-bond acceptors (Lipinski definition) is 3. The standard InChI is InChI=1S/C20H19FN4O/c1-12-17(19(26)24(2)3)18(13-8-4-5-9-14(13)21)25-16-11-7-6-10-15(16)23-20(25)22-12/h4-11,18H,1-3H3,(H,22,23)/t18-/m0/s1. The highest BCUT2D eigenvalue weighted by atomic mass is 19.1. The summed E-state index contributed by atoms with van der Waals surface area (Å²) in [5, 5.41) is 3.22. The number of para-hydroxylation sites is 2. The van der Waals surface area contributed by atoms with Crippen molar-refractivity contribution in [3.63, 3.8) is 0 Å². The van der Waals surface area contributed by atoms with E-state index in [1.165, 1.54) is 11.0 Å². The zero-order valence-electron chi connectivity index (χ0n) is 14.8. The number of aromatic nitrogens is 2. The Balaban J connectivity index is 2.04. The van der Waals surface area contributed by atoms with E-state index in [9.17, 15) is 9.18 Å². The molecule has 4 rings (SSSR count). The Kier molecular flexibility index (Phi) is 3.76. The number of fused-ring (bicyclic) bond motifs is 3. The first-order valence-corrected chi connectivity index (χ1v) is 8.40. The van der Waals surface area contributed by atoms with E-state index in [-0.39, 0.29) is 11.7 Å². The molecule has 1 N–H and O–H groups in total. The summed E-state index contributed by atoms with van der Waals surface area (Å²) in [5.41, 5.74) is 3.28. The van der Waals surface area contributed by atoms with Crippen molar-refractivity contribution in [3.8, 4) is 0 Å². The molecule has 0 unspecified atom stereocenters. The summed E-state index contributed by atoms with van der Waals surface area (Å²) in [4.78, 5) is 19.1. The van der Waals surface area contributed by atoms with Crippen LogP contribution >= 0.6 is 0 Å². The number of anilines is 1. The number of rotatable bonds is 2. The highest BCUT2D eigenvalue weighted by Gasteiger charge is 2.35. The zero-order chi connectivity index (χ0) is 18.4. The molecule has 1 aliphatic heterocycles. The third-order valence-electron chi connectivity index (χ3n) is 4.67. The zero-order valence-corrected chi connectivity index (χ0v) is 14.8. The maximum atomic E-state index is 14.7. The molecule has 1 amide bonds. The van der Waals surface area contributed by atoms with E-state index in [2.05, 4.69) is 10.3 Å². The van der Waals surface area contributed by atoms with Gasteiger partial charge < -0.3 is 10.2 Å². The molecule has 2 aromatic carbocycles. The molecular formula is C20H19FN4O. The lowest BCUT2D eigenvalue weighted by atomic mass is 9.93. The SMILES string of the molecule is CC1=C(C(=O)N(C)C)[C@H](c2ccccc2F)n2c(nc3ccccc32)N1. The van der Waals surface area contributed by atoms with Crippen LogP contribution in [-0.2, 0) is 4.79 Å². The second kappa shape index (κ2) is 5.98. The molecule has 1 aromatic heterocycles. The Labute approximate surface area is 150 Å². The van der Waals surface area contributed by atoms with Gasteiger partial charge in [-0.15, -0.1) is 0 Å². The minimum absolute atomic E-state index is 0.160. The molecule has 0 saturated heterocycles. The van der Waals surface area contributed by atoms with Gasteiger partial charge in [0.15, 0.2) is 0 Å². The smallest absolute Gasteiger partial charge is 0.253 e. The number of likely N-dealkylation sites (N-methyl/N-ethyl adjacent to an activating group) is 1. The fourth-order valence-corrected chi connectivity index (χ4v) is 3.47. The van der Waals surface area contributed by atoms with Gasteiger partial charge in [0.1, 0.15) is 5.82 Å². The molecule has 0 aliphatic carbocycles. The van der Waals surface area contributed by atoms with Gasteiger partial charge in [0, 0.05) is 25.4 Å². The van der Waals surface area contributed by atoms with Gasteiger partial charge in [-0.3, -0.25) is 9.36 Å². The van der Waals surface area contributed by atoms with Gasteiger partial charge in [0.25, 0.3) is 5.91 Å². The number of carbonyl (C=O) groups excluding carboxylic acids is 1. The first-order valence-electron chi connectivity index (χ1n) is 8.40. The number of nitrogens with zero attached hydrogens (tertiary/aromatic N) is 3. The summed E-state index contributed by atoms with van der Waals surface area (Å²) in [5.74, 6) is 0.0962. The van der Waals surface area contributed by atoms with Crippen LogP contribution in [0.2, 0.25) is 0 Å². The summed E-state index contributed by atoms with van der Waals surface area (Å²) in [6.45, 7) is 1.83. The highest BCUT2D eigenvalue weighted by molar-refractivity contribution is 5.97. The topological polar surface area (TPSA) is 50.2 Å². The predicted octanol–water partition coefficient (Wildman–Crippen LogP) is 3.55. The molecule has 0 bridgehead atoms. The van der Waals surface area contributed by atoms with Crippen molar-refractivity contribution >= 4 is 22.9 Å². The van der Waals surface area contributed by atoms with Crippen molar-refractivity contribution < 1.29 is 9.18 Å². The van der Waals surface area contributed by atoms with Gasteiger partial charge >= 0.3 is 0 Å². The summed E-state index contributed by atoms with van der Waals surface area (Å²) in [6.07, 6.45) is 0. The first kappa shape index (κ1) is 16.3. The molecule has 26 heavy (non-hydrogen) atoms. The number of halogens is 1. The number of imidazole rings is 1. The maximum absolute atomic E-state index is 14.7. The number of allylic oxidation sites excluding steroid dienone is 1. The molecule has 132 valence electrons. The Morgan fingerprint density at radius 1 is 1.15 bits per heavy atom. The van der Waals surface area contributed by atoms with Crippen LogP contribution in [-0.4, -0.2) is 34.5 Å². The minimum Gasteiger partial charge on any atom is -0.345 e. The Morgan fingerprint density at radius 2 is 1.85 bits per heavy atom. The van der Waals surface area contributed by atoms with E-state index in [4.69, 9.17) is 0 Å². The fourth-order valence-electron chi connectivity index (χ4n) is 3.47. The summed E-state index contributed by atoms with van der Waals surface area (Å²) in [6, 6.07) is 13.6. The van der Waals surface area contributed by atoms with Crippen LogP contribution in [0, 0.1) is 5.82 Å². The molecule has 0 saturated carbocycles. The molecule has 6 heteroatoms. The third kappa shape index (κ3) is 2.37. The normalized spacial score (nSPS) is 16.4. The van der Waals surface area contributed by atoms with Crippen molar-refractivity contribution in [2.75, 3.05) is 19.4 Å². The van der Waals surface area contributed by atoms with Gasteiger partial charge in [-0.25, -0.2) is 9.37 Å². The second-order valence-corrected chi connectivity index (χ2v) is 6.58. The average Bonchev–Trinajstić information content (AvgIpc) is 2.98. The predicted molar refractivity (Wildman–Crippen MR) is 99.3 cm³/mol. The van der Waals surface area contributed by atoms with Crippen molar-refractivity contribution in [2.45, 2.75) is 13.0 Å². The molecule has 0 fully saturated rings. The lowest BCUT2D eigenvalue weighted by molar-refractivity contribution is -0.125. The van der Waals surface area contributed by atoms with Gasteiger partial charge in [0.05, 0.1) is 22.6 Å². The van der Waals surface area contributed by atoms with E-state index in [0.29, 0.717) is 22.8 Å². The van der Waals surface area contributed by atoms with Crippen LogP contribution in [0.25, 0.3) is 11.0 Å². The van der Waals surface area contributed by atoms with Crippen LogP contribution in [0.15, 0.2) is 59.8 Å². The molecule has 5 nitrogen and oxygen atoms in total. The van der Waals surface area contributed by atoms with Gasteiger partial charge in [0.2, 0.25) is 5.95 Å². The van der Waals surface area contributed by atoms with E-state index < -0.39 is 6.04 Å². The number of carbonyl (C=O) groups is 1. The molecule has 0 radical (unpaired) electrons. The molecule has 1 atom stereocenters. The highest BCUT2D eigenvalue weighted by Crippen LogP contribution is 2.40. The van der Waals surface area contributed by atoms with Crippen molar-refractivity contribution in [1.29, 1.82) is 0 Å². The van der Waals surface area contributed by atoms with Gasteiger partial charge in [-0.05, 0) is 25.1 Å². The number of amides is 1. The lowest BCUT2D eigenvalue weighted by Crippen LogP contribution is -2.34. The average molecular weight is 350 g/mol. The molecular weight excluding hydrogens is 331 g/mol. The summed E-state index contributed by atoms with van der Waals surface area (Å²) >= 11 is 0. The molecule has 1 aliphatic rings. The van der Waals surface area contributed by atoms with Crippen LogP contribution < -0.4 is 5.32 Å².